The number of ketones is 1. The van der Waals surface area contributed by atoms with Crippen LogP contribution in [0, 0.1) is 0 Å². The number of rotatable bonds is 4. The number of aliphatic hydroxyl groups is 1. The van der Waals surface area contributed by atoms with Crippen molar-refractivity contribution >= 4 is 34.9 Å². The maximum Gasteiger partial charge on any atom is 0.301 e. The van der Waals surface area contributed by atoms with Crippen LogP contribution in [-0.2, 0) is 9.59 Å². The number of ether oxygens (including phenoxy) is 1. The van der Waals surface area contributed by atoms with E-state index in [1.54, 1.807) is 48.5 Å². The number of pyridine rings is 1. The second-order valence-electron chi connectivity index (χ2n) is 6.80. The molecule has 2 aromatic carbocycles. The smallest absolute Gasteiger partial charge is 0.301 e. The fourth-order valence-electron chi connectivity index (χ4n) is 3.51. The number of nitrogens with zero attached hydrogens (tertiary/aromatic N) is 2. The van der Waals surface area contributed by atoms with E-state index < -0.39 is 17.7 Å². The number of halogens is 1. The van der Waals surface area contributed by atoms with Gasteiger partial charge in [-0.15, -0.1) is 0 Å². The van der Waals surface area contributed by atoms with Crippen LogP contribution in [0.4, 0.5) is 5.82 Å². The third-order valence-corrected chi connectivity index (χ3v) is 5.23. The van der Waals surface area contributed by atoms with E-state index in [4.69, 9.17) is 16.3 Å². The van der Waals surface area contributed by atoms with E-state index in [0.717, 1.165) is 0 Å². The molecule has 8 heteroatoms. The molecule has 4 rings (SSSR count). The SMILES string of the molecule is COc1cc(C2/C(=C(\O)c3ccc(Cl)cc3)C(=O)C(=O)N2c2ccccn2)ccc1O. The second kappa shape index (κ2) is 8.12. The van der Waals surface area contributed by atoms with Crippen molar-refractivity contribution < 1.29 is 24.5 Å². The molecule has 1 atom stereocenters. The molecule has 1 amide bonds. The molecule has 31 heavy (non-hydrogen) atoms. The van der Waals surface area contributed by atoms with Crippen molar-refractivity contribution in [1.82, 2.24) is 4.98 Å². The molecule has 156 valence electrons. The summed E-state index contributed by atoms with van der Waals surface area (Å²) in [5.74, 6) is -1.71. The van der Waals surface area contributed by atoms with Gasteiger partial charge in [-0.3, -0.25) is 14.5 Å². The monoisotopic (exact) mass is 436 g/mol. The zero-order chi connectivity index (χ0) is 22.1. The van der Waals surface area contributed by atoms with E-state index in [0.29, 0.717) is 16.1 Å². The molecule has 1 aromatic heterocycles. The molecule has 1 aliphatic heterocycles. The van der Waals surface area contributed by atoms with Gasteiger partial charge in [0, 0.05) is 16.8 Å². The molecule has 2 N–H and O–H groups in total. The maximum absolute atomic E-state index is 13.0. The molecule has 0 bridgehead atoms. The molecule has 0 spiro atoms. The molecule has 1 fully saturated rings. The lowest BCUT2D eigenvalue weighted by atomic mass is 9.95. The molecule has 1 saturated heterocycles. The Hall–Kier alpha value is -3.84. The van der Waals surface area contributed by atoms with Crippen molar-refractivity contribution in [3.8, 4) is 11.5 Å². The van der Waals surface area contributed by atoms with Crippen molar-refractivity contribution in [3.05, 3.63) is 88.6 Å². The lowest BCUT2D eigenvalue weighted by molar-refractivity contribution is -0.132. The number of aromatic hydroxyl groups is 1. The van der Waals surface area contributed by atoms with E-state index in [1.165, 1.54) is 30.3 Å². The van der Waals surface area contributed by atoms with Crippen LogP contribution < -0.4 is 9.64 Å². The van der Waals surface area contributed by atoms with Gasteiger partial charge in [0.2, 0.25) is 0 Å². The van der Waals surface area contributed by atoms with Gasteiger partial charge in [0.05, 0.1) is 18.7 Å². The normalized spacial score (nSPS) is 17.7. The average molecular weight is 437 g/mol. The molecule has 1 unspecified atom stereocenters. The van der Waals surface area contributed by atoms with Crippen LogP contribution in [0.25, 0.3) is 5.76 Å². The van der Waals surface area contributed by atoms with Gasteiger partial charge in [0.15, 0.2) is 11.5 Å². The van der Waals surface area contributed by atoms with Gasteiger partial charge in [-0.1, -0.05) is 23.7 Å². The predicted molar refractivity (Wildman–Crippen MR) is 115 cm³/mol. The summed E-state index contributed by atoms with van der Waals surface area (Å²) in [5.41, 5.74) is 0.680. The Balaban J connectivity index is 1.96. The van der Waals surface area contributed by atoms with E-state index >= 15 is 0 Å². The third-order valence-electron chi connectivity index (χ3n) is 4.98. The third kappa shape index (κ3) is 3.60. The summed E-state index contributed by atoms with van der Waals surface area (Å²) < 4.78 is 5.19. The van der Waals surface area contributed by atoms with E-state index in [2.05, 4.69) is 4.98 Å². The molecule has 3 aromatic rings. The average Bonchev–Trinajstić information content (AvgIpc) is 3.05. The zero-order valence-corrected chi connectivity index (χ0v) is 17.1. The molecule has 0 saturated carbocycles. The summed E-state index contributed by atoms with van der Waals surface area (Å²) in [6.45, 7) is 0. The van der Waals surface area contributed by atoms with Crippen LogP contribution in [0.5, 0.6) is 11.5 Å². The Morgan fingerprint density at radius 2 is 1.84 bits per heavy atom. The van der Waals surface area contributed by atoms with Gasteiger partial charge >= 0.3 is 5.91 Å². The summed E-state index contributed by atoms with van der Waals surface area (Å²) in [7, 11) is 1.39. The summed E-state index contributed by atoms with van der Waals surface area (Å²) in [6.07, 6.45) is 1.50. The number of aromatic nitrogens is 1. The minimum atomic E-state index is -0.986. The Bertz CT molecular complexity index is 1190. The number of phenols is 1. The van der Waals surface area contributed by atoms with Crippen LogP contribution in [0.3, 0.4) is 0 Å². The van der Waals surface area contributed by atoms with Crippen LogP contribution in [-0.4, -0.2) is 34.0 Å². The number of hydrogen-bond acceptors (Lipinski definition) is 6. The van der Waals surface area contributed by atoms with Crippen LogP contribution in [0.15, 0.2) is 72.4 Å². The molecule has 1 aliphatic rings. The maximum atomic E-state index is 13.0. The van der Waals surface area contributed by atoms with Crippen molar-refractivity contribution in [1.29, 1.82) is 0 Å². The van der Waals surface area contributed by atoms with Gasteiger partial charge in [-0.25, -0.2) is 4.98 Å². The van der Waals surface area contributed by atoms with E-state index in [-0.39, 0.29) is 28.6 Å². The minimum absolute atomic E-state index is 0.0984. The summed E-state index contributed by atoms with van der Waals surface area (Å²) in [5, 5.41) is 21.5. The van der Waals surface area contributed by atoms with E-state index in [1.807, 2.05) is 0 Å². The number of benzene rings is 2. The zero-order valence-electron chi connectivity index (χ0n) is 16.3. The highest BCUT2D eigenvalue weighted by Gasteiger charge is 2.47. The standard InChI is InChI=1S/C23H17ClN2O5/c1-31-17-12-14(7-10-16(17)27)20-19(21(28)13-5-8-15(24)9-6-13)22(29)23(30)26(20)18-4-2-3-11-25-18/h2-12,20,27-28H,1H3/b21-19+. The highest BCUT2D eigenvalue weighted by atomic mass is 35.5. The number of aliphatic hydroxyl groups excluding tert-OH is 1. The van der Waals surface area contributed by atoms with Crippen LogP contribution >= 0.6 is 11.6 Å². The van der Waals surface area contributed by atoms with Gasteiger partial charge in [-0.2, -0.15) is 0 Å². The number of Topliss-reactive ketones (excluding diaryl/α,β-unsaturated/α-hetero) is 1. The number of methoxy groups -OCH3 is 1. The lowest BCUT2D eigenvalue weighted by Gasteiger charge is -2.24. The Labute approximate surface area is 182 Å². The van der Waals surface area contributed by atoms with Crippen molar-refractivity contribution in [3.63, 3.8) is 0 Å². The van der Waals surface area contributed by atoms with Gasteiger partial charge < -0.3 is 14.9 Å². The largest absolute Gasteiger partial charge is 0.507 e. The highest BCUT2D eigenvalue weighted by molar-refractivity contribution is 6.51. The summed E-state index contributed by atoms with van der Waals surface area (Å²) in [4.78, 5) is 31.5. The topological polar surface area (TPSA) is 100.0 Å². The van der Waals surface area contributed by atoms with Gasteiger partial charge in [0.25, 0.3) is 5.78 Å². The van der Waals surface area contributed by atoms with Gasteiger partial charge in [0.1, 0.15) is 11.6 Å². The number of carbonyl (C=O) groups excluding carboxylic acids is 2. The second-order valence-corrected chi connectivity index (χ2v) is 7.23. The van der Waals surface area contributed by atoms with Crippen molar-refractivity contribution in [2.75, 3.05) is 12.0 Å². The van der Waals surface area contributed by atoms with E-state index in [9.17, 15) is 19.8 Å². The Morgan fingerprint density at radius 1 is 1.10 bits per heavy atom. The molecule has 0 aliphatic carbocycles. The summed E-state index contributed by atoms with van der Waals surface area (Å²) in [6, 6.07) is 14.7. The van der Waals surface area contributed by atoms with Crippen LogP contribution in [0.1, 0.15) is 17.2 Å². The Kier molecular flexibility index (Phi) is 5.35. The number of hydrogen-bond donors (Lipinski definition) is 2. The first-order chi connectivity index (χ1) is 14.9. The fourth-order valence-corrected chi connectivity index (χ4v) is 3.63. The number of anilines is 1. The summed E-state index contributed by atoms with van der Waals surface area (Å²) >= 11 is 5.93. The molecular weight excluding hydrogens is 420 g/mol. The highest BCUT2D eigenvalue weighted by Crippen LogP contribution is 2.43. The minimum Gasteiger partial charge on any atom is -0.507 e. The lowest BCUT2D eigenvalue weighted by Crippen LogP contribution is -2.30. The van der Waals surface area contributed by atoms with Crippen LogP contribution in [0.2, 0.25) is 5.02 Å². The number of carbonyl (C=O) groups is 2. The van der Waals surface area contributed by atoms with Crippen molar-refractivity contribution in [2.45, 2.75) is 6.04 Å². The fraction of sp³-hybridized carbons (Fsp3) is 0.0870. The predicted octanol–water partition coefficient (Wildman–Crippen LogP) is 4.08. The molecule has 7 nitrogen and oxygen atoms in total. The van der Waals surface area contributed by atoms with Gasteiger partial charge in [-0.05, 0) is 54.1 Å². The number of phenolic OH excluding ortho intramolecular Hbond substituents is 1. The molecule has 2 heterocycles. The first kappa shape index (κ1) is 20.4. The molecule has 0 radical (unpaired) electrons. The number of amides is 1. The molecular formula is C23H17ClN2O5. The van der Waals surface area contributed by atoms with Crippen molar-refractivity contribution in [2.24, 2.45) is 0 Å². The Morgan fingerprint density at radius 3 is 2.48 bits per heavy atom. The first-order valence-electron chi connectivity index (χ1n) is 9.27. The first-order valence-corrected chi connectivity index (χ1v) is 9.65. The quantitative estimate of drug-likeness (QED) is 0.363.